The molecule has 9 rings (SSSR count). The summed E-state index contributed by atoms with van der Waals surface area (Å²) in [7, 11) is -11.5. The number of nitrogens with one attached hydrogen (secondary N) is 3. The Labute approximate surface area is 502 Å². The van der Waals surface area contributed by atoms with Gasteiger partial charge in [-0.05, 0) is 165 Å². The van der Waals surface area contributed by atoms with E-state index in [1.165, 1.54) is 70.8 Å². The van der Waals surface area contributed by atoms with E-state index in [0.29, 0.717) is 23.1 Å². The van der Waals surface area contributed by atoms with Crippen LogP contribution in [0.2, 0.25) is 0 Å². The van der Waals surface area contributed by atoms with Crippen LogP contribution in [0.4, 0.5) is 43.4 Å². The molecular formula is C61H68F6N6O11S3. The summed E-state index contributed by atoms with van der Waals surface area (Å²) in [5.74, 6) is -0.860. The van der Waals surface area contributed by atoms with Gasteiger partial charge in [-0.1, -0.05) is 71.3 Å². The molecule has 6 aromatic rings. The van der Waals surface area contributed by atoms with Crippen molar-refractivity contribution in [1.29, 1.82) is 0 Å². The van der Waals surface area contributed by atoms with Crippen LogP contribution in [-0.2, 0) is 54.1 Å². The number of carbonyl (C=O) groups is 3. The highest BCUT2D eigenvalue weighted by Gasteiger charge is 2.36. The largest absolute Gasteiger partial charge is 0.522 e. The van der Waals surface area contributed by atoms with E-state index in [2.05, 4.69) is 57.9 Å². The van der Waals surface area contributed by atoms with Crippen LogP contribution in [0.3, 0.4) is 0 Å². The number of carbonyl (C=O) groups excluding carboxylic acids is 3. The number of aliphatic hydroxyl groups is 1. The van der Waals surface area contributed by atoms with Crippen LogP contribution in [0.5, 0.6) is 0 Å². The van der Waals surface area contributed by atoms with Gasteiger partial charge in [-0.15, -0.1) is 13.2 Å². The highest BCUT2D eigenvalue weighted by molar-refractivity contribution is 7.92. The van der Waals surface area contributed by atoms with Crippen LogP contribution in [0.1, 0.15) is 119 Å². The van der Waals surface area contributed by atoms with Crippen molar-refractivity contribution >= 4 is 64.9 Å². The van der Waals surface area contributed by atoms with E-state index in [-0.39, 0.29) is 70.2 Å². The van der Waals surface area contributed by atoms with Crippen LogP contribution < -0.4 is 28.9 Å². The maximum absolute atomic E-state index is 12.7. The van der Waals surface area contributed by atoms with Crippen molar-refractivity contribution in [3.05, 3.63) is 194 Å². The quantitative estimate of drug-likeness (QED) is 0.0592. The van der Waals surface area contributed by atoms with Gasteiger partial charge in [-0.3, -0.25) is 32.0 Å². The molecule has 0 saturated heterocycles. The first-order chi connectivity index (χ1) is 40.7. The molecule has 0 heterocycles. The second-order valence-corrected chi connectivity index (χ2v) is 27.2. The summed E-state index contributed by atoms with van der Waals surface area (Å²) in [4.78, 5) is 37.8. The van der Waals surface area contributed by atoms with E-state index >= 15 is 0 Å². The molecule has 3 amide bonds. The van der Waals surface area contributed by atoms with Gasteiger partial charge >= 0.3 is 12.5 Å². The van der Waals surface area contributed by atoms with Crippen LogP contribution in [-0.4, -0.2) is 112 Å². The number of anilines is 3. The number of hydrogen-bond donors (Lipinski definition) is 4. The Morgan fingerprint density at radius 1 is 0.483 bits per heavy atom. The fourth-order valence-corrected chi connectivity index (χ4v) is 13.3. The van der Waals surface area contributed by atoms with Gasteiger partial charge in [-0.25, -0.2) is 25.3 Å². The zero-order valence-corrected chi connectivity index (χ0v) is 50.9. The maximum atomic E-state index is 12.7. The zero-order valence-electron chi connectivity index (χ0n) is 48.5. The second-order valence-electron chi connectivity index (χ2n) is 21.5. The topological polar surface area (TPSA) is 229 Å². The fraction of sp³-hybridized carbons (Fsp3) is 0.361. The fourth-order valence-electron chi connectivity index (χ4n) is 10.6. The number of fused-ring (bicyclic) bond motifs is 3. The van der Waals surface area contributed by atoms with Crippen molar-refractivity contribution in [2.75, 3.05) is 64.5 Å². The molecule has 0 fully saturated rings. The molecule has 87 heavy (non-hydrogen) atoms. The predicted molar refractivity (Wildman–Crippen MR) is 320 cm³/mol. The minimum atomic E-state index is -4.84. The normalized spacial score (nSPS) is 16.2. The number of rotatable bonds is 18. The van der Waals surface area contributed by atoms with Crippen molar-refractivity contribution in [2.45, 2.75) is 90.0 Å². The molecule has 0 radical (unpaired) electrons. The molecule has 0 spiro atoms. The van der Waals surface area contributed by atoms with Crippen LogP contribution >= 0.6 is 0 Å². The van der Waals surface area contributed by atoms with E-state index < -0.39 is 62.3 Å². The van der Waals surface area contributed by atoms with Crippen molar-refractivity contribution in [3.8, 4) is 0 Å². The summed E-state index contributed by atoms with van der Waals surface area (Å²) in [6, 6.07) is 35.3. The van der Waals surface area contributed by atoms with Gasteiger partial charge in [0.15, 0.2) is 0 Å². The Balaban J connectivity index is 0.000000187. The lowest BCUT2D eigenvalue weighted by Crippen LogP contribution is -2.38. The number of hydrogen-bond acceptors (Lipinski definition) is 11. The molecule has 17 nitrogen and oxygen atoms in total. The summed E-state index contributed by atoms with van der Waals surface area (Å²) < 4.78 is 152. The van der Waals surface area contributed by atoms with E-state index in [1.54, 1.807) is 24.3 Å². The molecule has 26 heteroatoms. The summed E-state index contributed by atoms with van der Waals surface area (Å²) in [6.07, 6.45) is -1.71. The van der Waals surface area contributed by atoms with Gasteiger partial charge in [0.2, 0.25) is 30.1 Å². The number of ether oxygens (including phenoxy) is 1. The Kier molecular flexibility index (Phi) is 21.3. The van der Waals surface area contributed by atoms with Gasteiger partial charge in [0.1, 0.15) is 6.54 Å². The summed E-state index contributed by atoms with van der Waals surface area (Å²) in [6.45, 7) is 2.79. The third kappa shape index (κ3) is 18.5. The molecule has 3 aliphatic carbocycles. The lowest BCUT2D eigenvalue weighted by molar-refractivity contribution is -0.323. The van der Waals surface area contributed by atoms with Crippen molar-refractivity contribution < 1.29 is 75.8 Å². The van der Waals surface area contributed by atoms with Gasteiger partial charge in [0.05, 0.1) is 80.3 Å². The minimum Gasteiger partial charge on any atom is -0.394 e. The van der Waals surface area contributed by atoms with E-state index in [1.807, 2.05) is 38.1 Å². The van der Waals surface area contributed by atoms with E-state index in [9.17, 15) is 66.0 Å². The number of aryl methyl sites for hydroxylation is 6. The second kappa shape index (κ2) is 27.7. The summed E-state index contributed by atoms with van der Waals surface area (Å²) >= 11 is 0. The molecule has 0 aliphatic heterocycles. The van der Waals surface area contributed by atoms with Crippen molar-refractivity contribution in [1.82, 2.24) is 16.0 Å². The van der Waals surface area contributed by atoms with Crippen molar-refractivity contribution in [2.24, 2.45) is 0 Å². The molecule has 468 valence electrons. The minimum absolute atomic E-state index is 0.00492. The number of amides is 3. The van der Waals surface area contributed by atoms with Crippen LogP contribution in [0.25, 0.3) is 0 Å². The smallest absolute Gasteiger partial charge is 0.394 e. The number of halogens is 6. The van der Waals surface area contributed by atoms with E-state index in [4.69, 9.17) is 5.11 Å². The Morgan fingerprint density at radius 2 is 0.782 bits per heavy atom. The molecule has 6 aromatic carbocycles. The molecule has 0 unspecified atom stereocenters. The van der Waals surface area contributed by atoms with E-state index in [0.717, 1.165) is 87.5 Å². The van der Waals surface area contributed by atoms with Crippen molar-refractivity contribution in [3.63, 3.8) is 0 Å². The third-order valence-corrected chi connectivity index (χ3v) is 18.2. The average Bonchev–Trinajstić information content (AvgIpc) is 2.84. The first kappa shape index (κ1) is 67.0. The predicted octanol–water partition coefficient (Wildman–Crippen LogP) is 9.63. The zero-order chi connectivity index (χ0) is 63.8. The van der Waals surface area contributed by atoms with Gasteiger partial charge in [0.25, 0.3) is 17.7 Å². The highest BCUT2D eigenvalue weighted by Crippen LogP contribution is 2.35. The Hall–Kier alpha value is -7.52. The molecule has 0 bridgehead atoms. The highest BCUT2D eigenvalue weighted by atomic mass is 32.2. The molecule has 3 atom stereocenters. The van der Waals surface area contributed by atoms with Crippen LogP contribution in [0.15, 0.2) is 127 Å². The number of nitrogens with zero attached hydrogens (tertiary/aromatic N) is 3. The summed E-state index contributed by atoms with van der Waals surface area (Å²) in [5.41, 5.74) is 12.0. The number of alkyl halides is 6. The molecular weight excluding hydrogens is 1200 g/mol. The summed E-state index contributed by atoms with van der Waals surface area (Å²) in [5, 5.41) is 18.1. The van der Waals surface area contributed by atoms with Gasteiger partial charge in [-0.2, -0.15) is 13.2 Å². The molecule has 4 N–H and O–H groups in total. The molecule has 3 aliphatic rings. The monoisotopic (exact) mass is 1270 g/mol. The standard InChI is InChI=1S/C21H23F3N2O4S.C20H21F3N2O3S.C20H24N2O4S/c1-14-3-9-18-16(13-14)6-10-19(18)25-20(27)15-4-7-17(8-5-15)26(31(2,28)29)11-12-30-21(22,23)24;1-13-3-9-17-15(11-13)6-10-18(17)24-19(26)14-4-7-16(8-5-14)25(29(2,27)28)12-20(21,22)23;1-14-3-9-18-16(13-14)6-10-19(18)21-20(24)15-4-7-17(8-5-15)22(11-12-23)27(2,25)26/h3-5,7-9,13,19H,6,10-12H2,1-2H3,(H,25,27);3-5,7-9,11,18H,6,10,12H2,1-2H3,(H,24,26);3-5,7-9,13,19,23H,6,10-12H2,1-2H3,(H,21,24)/t19-;18-;19-/m111/s1. The molecule has 0 saturated carbocycles. The van der Waals surface area contributed by atoms with Gasteiger partial charge in [0, 0.05) is 16.7 Å². The maximum Gasteiger partial charge on any atom is 0.522 e. The number of sulfonamides is 3. The first-order valence-corrected chi connectivity index (χ1v) is 33.0. The van der Waals surface area contributed by atoms with Gasteiger partial charge < -0.3 is 21.1 Å². The first-order valence-electron chi connectivity index (χ1n) is 27.5. The third-order valence-electron chi connectivity index (χ3n) is 14.7. The molecule has 0 aromatic heterocycles. The Morgan fingerprint density at radius 3 is 1.06 bits per heavy atom. The average molecular weight is 1270 g/mol. The Bertz CT molecular complexity index is 3800. The lowest BCUT2D eigenvalue weighted by atomic mass is 10.1. The van der Waals surface area contributed by atoms with Crippen LogP contribution in [0, 0.1) is 20.8 Å². The lowest BCUT2D eigenvalue weighted by Gasteiger charge is -2.23. The SMILES string of the molecule is Cc1ccc2c(c1)CC[C@H]2NC(=O)c1ccc(N(CC(F)(F)F)S(C)(=O)=O)cc1.Cc1ccc2c(c1)CC[C@H]2NC(=O)c1ccc(N(CCO)S(C)(=O)=O)cc1.Cc1ccc2c(c1)CC[C@H]2NC(=O)c1ccc(N(CCOC(F)(F)F)S(C)(=O)=O)cc1. The number of aliphatic hydroxyl groups excluding tert-OH is 1. The number of benzene rings is 6.